The number of benzene rings is 1. The lowest BCUT2D eigenvalue weighted by molar-refractivity contribution is -0.120. The van der Waals surface area contributed by atoms with Crippen molar-refractivity contribution in [1.29, 1.82) is 0 Å². The Labute approximate surface area is 143 Å². The van der Waals surface area contributed by atoms with Gasteiger partial charge >= 0.3 is 0 Å². The number of rotatable bonds is 6. The molecular weight excluding hydrogens is 326 g/mol. The SMILES string of the molecule is Cc1cc(CNC(=O)Cc2ccc(S(=O)(=O)C(C)C)cc2)c(C)o1. The van der Waals surface area contributed by atoms with Crippen molar-refractivity contribution in [2.45, 2.75) is 50.8 Å². The molecule has 1 aromatic heterocycles. The van der Waals surface area contributed by atoms with Gasteiger partial charge in [-0.25, -0.2) is 8.42 Å². The highest BCUT2D eigenvalue weighted by Gasteiger charge is 2.18. The first-order valence-electron chi connectivity index (χ1n) is 7.85. The zero-order valence-corrected chi connectivity index (χ0v) is 15.2. The van der Waals surface area contributed by atoms with Crippen LogP contribution in [0, 0.1) is 13.8 Å². The Bertz CT molecular complexity index is 817. The van der Waals surface area contributed by atoms with Crippen LogP contribution in [0.4, 0.5) is 0 Å². The van der Waals surface area contributed by atoms with Gasteiger partial charge in [-0.05, 0) is 51.5 Å². The minimum atomic E-state index is -3.28. The van der Waals surface area contributed by atoms with Gasteiger partial charge in [-0.3, -0.25) is 4.79 Å². The molecule has 0 aliphatic rings. The molecule has 6 heteroatoms. The molecule has 1 aromatic carbocycles. The number of hydrogen-bond acceptors (Lipinski definition) is 4. The molecule has 0 aliphatic heterocycles. The summed E-state index contributed by atoms with van der Waals surface area (Å²) >= 11 is 0. The number of sulfone groups is 1. The summed E-state index contributed by atoms with van der Waals surface area (Å²) in [5.41, 5.74) is 1.73. The number of amides is 1. The van der Waals surface area contributed by atoms with Gasteiger partial charge in [0.05, 0.1) is 16.6 Å². The van der Waals surface area contributed by atoms with Crippen molar-refractivity contribution >= 4 is 15.7 Å². The highest BCUT2D eigenvalue weighted by molar-refractivity contribution is 7.92. The normalized spacial score (nSPS) is 11.7. The summed E-state index contributed by atoms with van der Waals surface area (Å²) < 4.78 is 29.6. The molecule has 1 N–H and O–H groups in total. The van der Waals surface area contributed by atoms with Crippen molar-refractivity contribution in [3.05, 3.63) is 53.0 Å². The molecule has 2 aromatic rings. The second kappa shape index (κ2) is 7.21. The summed E-state index contributed by atoms with van der Waals surface area (Å²) in [6.45, 7) is 7.45. The van der Waals surface area contributed by atoms with Gasteiger partial charge < -0.3 is 9.73 Å². The van der Waals surface area contributed by atoms with E-state index in [2.05, 4.69) is 5.32 Å². The minimum Gasteiger partial charge on any atom is -0.466 e. The Morgan fingerprint density at radius 1 is 1.17 bits per heavy atom. The van der Waals surface area contributed by atoms with Crippen molar-refractivity contribution < 1.29 is 17.6 Å². The molecule has 5 nitrogen and oxygen atoms in total. The van der Waals surface area contributed by atoms with E-state index < -0.39 is 15.1 Å². The van der Waals surface area contributed by atoms with E-state index in [1.165, 1.54) is 0 Å². The summed E-state index contributed by atoms with van der Waals surface area (Å²) in [5, 5.41) is 2.38. The van der Waals surface area contributed by atoms with Crippen LogP contribution < -0.4 is 5.32 Å². The zero-order valence-electron chi connectivity index (χ0n) is 14.4. The van der Waals surface area contributed by atoms with E-state index in [0.717, 1.165) is 22.6 Å². The van der Waals surface area contributed by atoms with E-state index in [-0.39, 0.29) is 17.2 Å². The maximum absolute atomic E-state index is 12.1. The lowest BCUT2D eigenvalue weighted by Crippen LogP contribution is -2.24. The van der Waals surface area contributed by atoms with E-state index in [1.807, 2.05) is 19.9 Å². The van der Waals surface area contributed by atoms with Crippen molar-refractivity contribution in [3.63, 3.8) is 0 Å². The standard InChI is InChI=1S/C18H23NO4S/c1-12(2)24(21,22)17-7-5-15(6-8-17)10-18(20)19-11-16-9-13(3)23-14(16)4/h5-9,12H,10-11H2,1-4H3,(H,19,20). The van der Waals surface area contributed by atoms with Crippen LogP contribution in [0.5, 0.6) is 0 Å². The summed E-state index contributed by atoms with van der Waals surface area (Å²) in [7, 11) is -3.28. The minimum absolute atomic E-state index is 0.118. The van der Waals surface area contributed by atoms with Crippen LogP contribution in [0.1, 0.15) is 36.5 Å². The molecule has 24 heavy (non-hydrogen) atoms. The van der Waals surface area contributed by atoms with Crippen molar-refractivity contribution in [3.8, 4) is 0 Å². The topological polar surface area (TPSA) is 76.4 Å². The maximum Gasteiger partial charge on any atom is 0.224 e. The molecule has 0 aliphatic carbocycles. The lowest BCUT2D eigenvalue weighted by Gasteiger charge is -2.09. The summed E-state index contributed by atoms with van der Waals surface area (Å²) in [4.78, 5) is 12.3. The van der Waals surface area contributed by atoms with E-state index in [0.29, 0.717) is 6.54 Å². The highest BCUT2D eigenvalue weighted by Crippen LogP contribution is 2.17. The number of nitrogens with one attached hydrogen (secondary N) is 1. The predicted octanol–water partition coefficient (Wildman–Crippen LogP) is 2.94. The quantitative estimate of drug-likeness (QED) is 0.870. The van der Waals surface area contributed by atoms with E-state index in [4.69, 9.17) is 4.42 Å². The molecule has 0 radical (unpaired) electrons. The number of carbonyl (C=O) groups excluding carboxylic acids is 1. The van der Waals surface area contributed by atoms with Gasteiger partial charge in [0.1, 0.15) is 11.5 Å². The molecule has 0 unspecified atom stereocenters. The van der Waals surface area contributed by atoms with E-state index in [1.54, 1.807) is 38.1 Å². The van der Waals surface area contributed by atoms with Gasteiger partial charge in [-0.15, -0.1) is 0 Å². The molecule has 0 saturated heterocycles. The first-order valence-corrected chi connectivity index (χ1v) is 9.40. The van der Waals surface area contributed by atoms with Crippen molar-refractivity contribution in [2.75, 3.05) is 0 Å². The van der Waals surface area contributed by atoms with Crippen molar-refractivity contribution in [2.24, 2.45) is 0 Å². The summed E-state index contributed by atoms with van der Waals surface area (Å²) in [5.74, 6) is 1.50. The van der Waals surface area contributed by atoms with Gasteiger partial charge in [0.25, 0.3) is 0 Å². The first-order chi connectivity index (χ1) is 11.2. The molecule has 1 heterocycles. The van der Waals surface area contributed by atoms with Crippen LogP contribution in [-0.2, 0) is 27.6 Å². The highest BCUT2D eigenvalue weighted by atomic mass is 32.2. The molecule has 0 fully saturated rings. The molecule has 0 saturated carbocycles. The van der Waals surface area contributed by atoms with Crippen LogP contribution in [0.25, 0.3) is 0 Å². The smallest absolute Gasteiger partial charge is 0.224 e. The number of carbonyl (C=O) groups is 1. The fraction of sp³-hybridized carbons (Fsp3) is 0.389. The van der Waals surface area contributed by atoms with Gasteiger partial charge in [-0.2, -0.15) is 0 Å². The van der Waals surface area contributed by atoms with Crippen LogP contribution in [0.15, 0.2) is 39.6 Å². The predicted molar refractivity (Wildman–Crippen MR) is 92.5 cm³/mol. The monoisotopic (exact) mass is 349 g/mol. The van der Waals surface area contributed by atoms with Gasteiger partial charge in [0, 0.05) is 12.1 Å². The molecule has 0 spiro atoms. The third kappa shape index (κ3) is 4.26. The zero-order chi connectivity index (χ0) is 17.9. The third-order valence-corrected chi connectivity index (χ3v) is 6.03. The van der Waals surface area contributed by atoms with Crippen LogP contribution in [0.2, 0.25) is 0 Å². The Morgan fingerprint density at radius 3 is 2.29 bits per heavy atom. The molecule has 1 amide bonds. The molecule has 2 rings (SSSR count). The fourth-order valence-corrected chi connectivity index (χ4v) is 3.43. The molecule has 0 atom stereocenters. The van der Waals surface area contributed by atoms with E-state index >= 15 is 0 Å². The Kier molecular flexibility index (Phi) is 5.49. The number of aryl methyl sites for hydroxylation is 2. The second-order valence-electron chi connectivity index (χ2n) is 6.13. The Hall–Kier alpha value is -2.08. The van der Waals surface area contributed by atoms with Gasteiger partial charge in [-0.1, -0.05) is 12.1 Å². The number of hydrogen-bond donors (Lipinski definition) is 1. The van der Waals surface area contributed by atoms with Gasteiger partial charge in [0.2, 0.25) is 5.91 Å². The Morgan fingerprint density at radius 2 is 1.79 bits per heavy atom. The van der Waals surface area contributed by atoms with Crippen LogP contribution >= 0.6 is 0 Å². The van der Waals surface area contributed by atoms with Crippen LogP contribution in [-0.4, -0.2) is 19.6 Å². The molecular formula is C18H23NO4S. The number of furan rings is 1. The Balaban J connectivity index is 1.96. The van der Waals surface area contributed by atoms with Crippen LogP contribution in [0.3, 0.4) is 0 Å². The van der Waals surface area contributed by atoms with Gasteiger partial charge in [0.15, 0.2) is 9.84 Å². The molecule has 130 valence electrons. The second-order valence-corrected chi connectivity index (χ2v) is 8.63. The van der Waals surface area contributed by atoms with E-state index in [9.17, 15) is 13.2 Å². The first kappa shape index (κ1) is 18.3. The largest absolute Gasteiger partial charge is 0.466 e. The molecule has 0 bridgehead atoms. The lowest BCUT2D eigenvalue weighted by atomic mass is 10.1. The fourth-order valence-electron chi connectivity index (χ4n) is 2.37. The maximum atomic E-state index is 12.1. The van der Waals surface area contributed by atoms with Crippen molar-refractivity contribution in [1.82, 2.24) is 5.32 Å². The summed E-state index contributed by atoms with van der Waals surface area (Å²) in [6, 6.07) is 8.38. The average molecular weight is 349 g/mol. The summed E-state index contributed by atoms with van der Waals surface area (Å²) in [6.07, 6.45) is 0.206. The average Bonchev–Trinajstić information content (AvgIpc) is 2.83. The third-order valence-electron chi connectivity index (χ3n) is 3.86.